The largest absolute Gasteiger partial charge is 0.452 e. The minimum atomic E-state index is -0.874. The third-order valence-corrected chi connectivity index (χ3v) is 4.71. The Morgan fingerprint density at radius 3 is 2.59 bits per heavy atom. The second-order valence-electron chi connectivity index (χ2n) is 6.40. The first-order chi connectivity index (χ1) is 13.8. The maximum Gasteiger partial charge on any atom is 0.338 e. The second kappa shape index (κ2) is 8.87. The lowest BCUT2D eigenvalue weighted by Gasteiger charge is -2.17. The Hall–Kier alpha value is -3.20. The fourth-order valence-corrected chi connectivity index (χ4v) is 3.23. The van der Waals surface area contributed by atoms with Crippen LogP contribution < -0.4 is 10.2 Å². The van der Waals surface area contributed by atoms with Gasteiger partial charge in [0.15, 0.2) is 6.61 Å². The number of nitro benzene ring substituents is 1. The molecule has 29 heavy (non-hydrogen) atoms. The summed E-state index contributed by atoms with van der Waals surface area (Å²) in [4.78, 5) is 36.9. The summed E-state index contributed by atoms with van der Waals surface area (Å²) < 4.78 is 17.9. The Kier molecular flexibility index (Phi) is 6.28. The molecule has 1 fully saturated rings. The number of hydrogen-bond donors (Lipinski definition) is 1. The first-order valence-corrected chi connectivity index (χ1v) is 9.18. The molecule has 1 aliphatic heterocycles. The van der Waals surface area contributed by atoms with Gasteiger partial charge in [-0.05, 0) is 43.2 Å². The number of benzene rings is 2. The zero-order valence-corrected chi connectivity index (χ0v) is 15.9. The lowest BCUT2D eigenvalue weighted by molar-refractivity contribution is -0.384. The lowest BCUT2D eigenvalue weighted by Crippen LogP contribution is -2.22. The molecular formula is C19H17ClFN3O5. The molecule has 3 rings (SSSR count). The van der Waals surface area contributed by atoms with Gasteiger partial charge < -0.3 is 15.0 Å². The summed E-state index contributed by atoms with van der Waals surface area (Å²) in [6, 6.07) is 7.51. The molecule has 0 bridgehead atoms. The van der Waals surface area contributed by atoms with Gasteiger partial charge in [0.25, 0.3) is 11.6 Å². The van der Waals surface area contributed by atoms with Gasteiger partial charge in [0.2, 0.25) is 0 Å². The molecule has 0 unspecified atom stereocenters. The average Bonchev–Trinajstić information content (AvgIpc) is 3.22. The Balaban J connectivity index is 1.64. The van der Waals surface area contributed by atoms with E-state index in [0.29, 0.717) is 5.69 Å². The van der Waals surface area contributed by atoms with Crippen molar-refractivity contribution in [3.8, 4) is 0 Å². The third kappa shape index (κ3) is 5.00. The number of esters is 1. The maximum atomic E-state index is 13.0. The molecule has 1 heterocycles. The molecule has 152 valence electrons. The fraction of sp³-hybridized carbons (Fsp3) is 0.263. The van der Waals surface area contributed by atoms with E-state index in [4.69, 9.17) is 16.3 Å². The SMILES string of the molecule is O=C(COC(=O)c1ccc(N2CCCC2)c([N+](=O)[O-])c1)Nc1ccc(F)cc1Cl. The molecule has 0 radical (unpaired) electrons. The van der Waals surface area contributed by atoms with Crippen molar-refractivity contribution in [2.45, 2.75) is 12.8 Å². The average molecular weight is 422 g/mol. The highest BCUT2D eigenvalue weighted by Crippen LogP contribution is 2.31. The van der Waals surface area contributed by atoms with E-state index in [-0.39, 0.29) is 22.0 Å². The van der Waals surface area contributed by atoms with Crippen LogP contribution in [0.1, 0.15) is 23.2 Å². The molecule has 2 aromatic rings. The van der Waals surface area contributed by atoms with Crippen LogP contribution in [0.25, 0.3) is 0 Å². The number of hydrogen-bond acceptors (Lipinski definition) is 6. The van der Waals surface area contributed by atoms with Gasteiger partial charge in [-0.3, -0.25) is 14.9 Å². The molecule has 0 atom stereocenters. The standard InChI is InChI=1S/C19H17ClFN3O5/c20-14-10-13(21)4-5-15(14)22-18(25)11-29-19(26)12-3-6-16(17(9-12)24(27)28)23-7-1-2-8-23/h3-6,9-10H,1-2,7-8,11H2,(H,22,25). The Morgan fingerprint density at radius 1 is 1.21 bits per heavy atom. The summed E-state index contributed by atoms with van der Waals surface area (Å²) in [6.45, 7) is 0.807. The highest BCUT2D eigenvalue weighted by Gasteiger charge is 2.24. The molecular weight excluding hydrogens is 405 g/mol. The van der Waals surface area contributed by atoms with Gasteiger partial charge in [-0.1, -0.05) is 11.6 Å². The van der Waals surface area contributed by atoms with Gasteiger partial charge in [0.05, 0.1) is 21.2 Å². The van der Waals surface area contributed by atoms with Crippen molar-refractivity contribution in [1.29, 1.82) is 0 Å². The molecule has 10 heteroatoms. The number of amides is 1. The zero-order valence-electron chi connectivity index (χ0n) is 15.2. The summed E-state index contributed by atoms with van der Waals surface area (Å²) in [5.74, 6) is -2.12. The van der Waals surface area contributed by atoms with E-state index in [0.717, 1.165) is 44.1 Å². The van der Waals surface area contributed by atoms with Crippen molar-refractivity contribution in [2.24, 2.45) is 0 Å². The normalized spacial score (nSPS) is 13.2. The number of halogens is 2. The number of anilines is 2. The van der Waals surface area contributed by atoms with Crippen molar-refractivity contribution in [2.75, 3.05) is 29.9 Å². The quantitative estimate of drug-likeness (QED) is 0.432. The predicted molar refractivity (Wildman–Crippen MR) is 105 cm³/mol. The summed E-state index contributed by atoms with van der Waals surface area (Å²) in [6.07, 6.45) is 1.91. The fourth-order valence-electron chi connectivity index (χ4n) is 3.01. The molecule has 0 aliphatic carbocycles. The first kappa shape index (κ1) is 20.5. The van der Waals surface area contributed by atoms with E-state index in [9.17, 15) is 24.1 Å². The minimum Gasteiger partial charge on any atom is -0.452 e. The highest BCUT2D eigenvalue weighted by molar-refractivity contribution is 6.33. The smallest absolute Gasteiger partial charge is 0.338 e. The number of nitro groups is 1. The molecule has 1 saturated heterocycles. The third-order valence-electron chi connectivity index (χ3n) is 4.39. The van der Waals surface area contributed by atoms with Crippen molar-refractivity contribution >= 4 is 40.5 Å². The van der Waals surface area contributed by atoms with Crippen LogP contribution in [-0.2, 0) is 9.53 Å². The van der Waals surface area contributed by atoms with Crippen LogP contribution in [0.2, 0.25) is 5.02 Å². The molecule has 0 saturated carbocycles. The van der Waals surface area contributed by atoms with Gasteiger partial charge in [-0.25, -0.2) is 9.18 Å². The Bertz CT molecular complexity index is 963. The monoisotopic (exact) mass is 421 g/mol. The van der Waals surface area contributed by atoms with Crippen molar-refractivity contribution < 1.29 is 23.6 Å². The van der Waals surface area contributed by atoms with Crippen molar-refractivity contribution in [3.63, 3.8) is 0 Å². The number of ether oxygens (including phenoxy) is 1. The number of nitrogens with one attached hydrogen (secondary N) is 1. The highest BCUT2D eigenvalue weighted by atomic mass is 35.5. The van der Waals surface area contributed by atoms with Gasteiger partial charge >= 0.3 is 5.97 Å². The van der Waals surface area contributed by atoms with Crippen LogP contribution in [0.3, 0.4) is 0 Å². The van der Waals surface area contributed by atoms with Crippen molar-refractivity contribution in [1.82, 2.24) is 0 Å². The predicted octanol–water partition coefficient (Wildman–Crippen LogP) is 3.78. The van der Waals surface area contributed by atoms with E-state index in [2.05, 4.69) is 5.32 Å². The lowest BCUT2D eigenvalue weighted by atomic mass is 10.1. The topological polar surface area (TPSA) is 102 Å². The summed E-state index contributed by atoms with van der Waals surface area (Å²) in [7, 11) is 0. The van der Waals surface area contributed by atoms with Crippen LogP contribution >= 0.6 is 11.6 Å². The molecule has 2 aromatic carbocycles. The van der Waals surface area contributed by atoms with Gasteiger partial charge in [0.1, 0.15) is 11.5 Å². The number of nitrogens with zero attached hydrogens (tertiary/aromatic N) is 2. The van der Waals surface area contributed by atoms with Gasteiger partial charge in [-0.2, -0.15) is 0 Å². The number of carbonyl (C=O) groups excluding carboxylic acids is 2. The maximum absolute atomic E-state index is 13.0. The van der Waals surface area contributed by atoms with E-state index in [1.807, 2.05) is 4.90 Å². The van der Waals surface area contributed by atoms with E-state index in [1.54, 1.807) is 0 Å². The van der Waals surface area contributed by atoms with Gasteiger partial charge in [-0.15, -0.1) is 0 Å². The van der Waals surface area contributed by atoms with Crippen LogP contribution in [0.5, 0.6) is 0 Å². The zero-order chi connectivity index (χ0) is 21.0. The van der Waals surface area contributed by atoms with Crippen LogP contribution in [-0.4, -0.2) is 36.5 Å². The van der Waals surface area contributed by atoms with Crippen LogP contribution in [0.4, 0.5) is 21.5 Å². The summed E-state index contributed by atoms with van der Waals surface area (Å²) in [5, 5.41) is 13.8. The molecule has 0 aromatic heterocycles. The second-order valence-corrected chi connectivity index (χ2v) is 6.81. The molecule has 1 aliphatic rings. The molecule has 1 N–H and O–H groups in total. The van der Waals surface area contributed by atoms with E-state index in [1.165, 1.54) is 18.2 Å². The Labute approximate surface area is 170 Å². The van der Waals surface area contributed by atoms with Gasteiger partial charge in [0, 0.05) is 19.2 Å². The summed E-state index contributed by atoms with van der Waals surface area (Å²) >= 11 is 5.82. The first-order valence-electron chi connectivity index (χ1n) is 8.80. The van der Waals surface area contributed by atoms with Crippen molar-refractivity contribution in [3.05, 3.63) is 62.9 Å². The molecule has 8 nitrogen and oxygen atoms in total. The minimum absolute atomic E-state index is 0.00203. The number of carbonyl (C=O) groups is 2. The van der Waals surface area contributed by atoms with Crippen LogP contribution in [0, 0.1) is 15.9 Å². The van der Waals surface area contributed by atoms with E-state index >= 15 is 0 Å². The molecule has 1 amide bonds. The molecule has 0 spiro atoms. The summed E-state index contributed by atoms with van der Waals surface area (Å²) in [5.41, 5.74) is 0.392. The van der Waals surface area contributed by atoms with E-state index < -0.39 is 29.2 Å². The Morgan fingerprint density at radius 2 is 1.93 bits per heavy atom. The van der Waals surface area contributed by atoms with Crippen LogP contribution in [0.15, 0.2) is 36.4 Å². The number of rotatable bonds is 6.